The van der Waals surface area contributed by atoms with Crippen LogP contribution in [0.1, 0.15) is 55.0 Å². The highest BCUT2D eigenvalue weighted by molar-refractivity contribution is 9.10. The molecule has 1 saturated carbocycles. The van der Waals surface area contributed by atoms with Crippen LogP contribution in [0.4, 0.5) is 5.69 Å². The fourth-order valence-corrected chi connectivity index (χ4v) is 5.88. The molecule has 4 aromatic rings. The highest BCUT2D eigenvalue weighted by atomic mass is 79.9. The normalized spacial score (nSPS) is 14.2. The molecule has 1 aromatic heterocycles. The molecule has 11 heteroatoms. The summed E-state index contributed by atoms with van der Waals surface area (Å²) in [5.74, 6) is 0.798. The summed E-state index contributed by atoms with van der Waals surface area (Å²) >= 11 is 13.0. The van der Waals surface area contributed by atoms with Gasteiger partial charge in [0, 0.05) is 32.6 Å². The highest BCUT2D eigenvalue weighted by Gasteiger charge is 2.23. The summed E-state index contributed by atoms with van der Waals surface area (Å²) in [6.07, 6.45) is 6.59. The van der Waals surface area contributed by atoms with Crippen LogP contribution < -0.4 is 10.3 Å². The lowest BCUT2D eigenvalue weighted by Gasteiger charge is -2.22. The molecule has 0 spiro atoms. The van der Waals surface area contributed by atoms with Crippen LogP contribution in [0.5, 0.6) is 5.75 Å². The van der Waals surface area contributed by atoms with Gasteiger partial charge in [-0.05, 0) is 59.1 Å². The lowest BCUT2D eigenvalue weighted by Crippen LogP contribution is -2.25. The molecule has 0 unspecified atom stereocenters. The lowest BCUT2D eigenvalue weighted by molar-refractivity contribution is -0.386. The molecule has 0 radical (unpaired) electrons. The van der Waals surface area contributed by atoms with E-state index in [1.807, 2.05) is 18.2 Å². The summed E-state index contributed by atoms with van der Waals surface area (Å²) in [7, 11) is 0. The van der Waals surface area contributed by atoms with Crippen LogP contribution in [0.15, 0.2) is 73.4 Å². The largest absolute Gasteiger partial charge is 0.481 e. The van der Waals surface area contributed by atoms with Crippen molar-refractivity contribution in [2.75, 3.05) is 0 Å². The number of benzene rings is 3. The van der Waals surface area contributed by atoms with E-state index in [0.29, 0.717) is 37.3 Å². The van der Waals surface area contributed by atoms with Crippen molar-refractivity contribution in [2.24, 2.45) is 5.10 Å². The summed E-state index contributed by atoms with van der Waals surface area (Å²) in [6, 6.07) is 15.6. The summed E-state index contributed by atoms with van der Waals surface area (Å²) in [4.78, 5) is 29.8. The van der Waals surface area contributed by atoms with Crippen molar-refractivity contribution in [3.63, 3.8) is 0 Å². The summed E-state index contributed by atoms with van der Waals surface area (Å²) in [5.41, 5.74) is 1.23. The molecule has 8 nitrogen and oxygen atoms in total. The Kier molecular flexibility index (Phi) is 8.44. The first-order valence-corrected chi connectivity index (χ1v) is 14.4. The van der Waals surface area contributed by atoms with E-state index in [2.05, 4.69) is 37.0 Å². The van der Waals surface area contributed by atoms with Gasteiger partial charge in [0.2, 0.25) is 5.75 Å². The van der Waals surface area contributed by atoms with Crippen molar-refractivity contribution in [3.05, 3.63) is 106 Å². The molecule has 1 heterocycles. The maximum absolute atomic E-state index is 13.5. The van der Waals surface area contributed by atoms with E-state index < -0.39 is 4.92 Å². The Hall–Kier alpha value is -3.08. The average molecular weight is 675 g/mol. The molecule has 0 aliphatic heterocycles. The van der Waals surface area contributed by atoms with Gasteiger partial charge in [-0.3, -0.25) is 14.9 Å². The number of nitro groups is 1. The Morgan fingerprint density at radius 3 is 2.64 bits per heavy atom. The fourth-order valence-electron chi connectivity index (χ4n) is 4.74. The van der Waals surface area contributed by atoms with E-state index in [4.69, 9.17) is 21.3 Å². The lowest BCUT2D eigenvalue weighted by atomic mass is 9.88. The molecule has 1 aliphatic carbocycles. The molecule has 0 saturated heterocycles. The quantitative estimate of drug-likeness (QED) is 0.112. The second kappa shape index (κ2) is 12.0. The van der Waals surface area contributed by atoms with Crippen LogP contribution in [0.3, 0.4) is 0 Å². The zero-order valence-electron chi connectivity index (χ0n) is 20.6. The zero-order chi connectivity index (χ0) is 27.5. The minimum absolute atomic E-state index is 0.0605. The molecule has 5 rings (SSSR count). The van der Waals surface area contributed by atoms with Crippen LogP contribution in [0.2, 0.25) is 5.02 Å². The van der Waals surface area contributed by atoms with Crippen molar-refractivity contribution in [2.45, 2.75) is 44.6 Å². The predicted octanol–water partition coefficient (Wildman–Crippen LogP) is 7.99. The van der Waals surface area contributed by atoms with Gasteiger partial charge < -0.3 is 4.74 Å². The minimum atomic E-state index is -0.515. The Bertz CT molecular complexity index is 1650. The minimum Gasteiger partial charge on any atom is -0.481 e. The SMILES string of the molecule is O=c1c2cc(Br)ccc2nc(C2CCCCC2)n1N=Cc1cc(Br)c(OCc2ccccc2Cl)c([N+](=O)[O-])c1. The number of nitro benzene ring substituents is 1. The van der Waals surface area contributed by atoms with Gasteiger partial charge in [0.05, 0.1) is 26.5 Å². The Labute approximate surface area is 246 Å². The first-order valence-electron chi connectivity index (χ1n) is 12.4. The van der Waals surface area contributed by atoms with Gasteiger partial charge in [0.1, 0.15) is 12.4 Å². The second-order valence-corrected chi connectivity index (χ2v) is 11.5. The van der Waals surface area contributed by atoms with E-state index in [1.165, 1.54) is 17.0 Å². The van der Waals surface area contributed by atoms with Crippen LogP contribution in [0, 0.1) is 10.1 Å². The van der Waals surface area contributed by atoms with E-state index in [9.17, 15) is 14.9 Å². The van der Waals surface area contributed by atoms with Gasteiger partial charge in [0.15, 0.2) is 0 Å². The van der Waals surface area contributed by atoms with Gasteiger partial charge >= 0.3 is 5.69 Å². The van der Waals surface area contributed by atoms with Gasteiger partial charge in [0.25, 0.3) is 5.56 Å². The van der Waals surface area contributed by atoms with E-state index in [-0.39, 0.29) is 29.5 Å². The van der Waals surface area contributed by atoms with Crippen molar-refractivity contribution < 1.29 is 9.66 Å². The highest BCUT2D eigenvalue weighted by Crippen LogP contribution is 2.37. The number of fused-ring (bicyclic) bond motifs is 1. The topological polar surface area (TPSA) is 99.6 Å². The Balaban J connectivity index is 1.53. The molecule has 0 N–H and O–H groups in total. The molecule has 3 aromatic carbocycles. The smallest absolute Gasteiger partial charge is 0.312 e. The third kappa shape index (κ3) is 6.08. The standard InChI is InChI=1S/C28H23Br2ClN4O4/c29-20-10-11-24-21(14-20)28(36)34(27(33-24)18-6-2-1-3-7-18)32-15-17-12-22(30)26(25(13-17)35(37)38)39-16-19-8-4-5-9-23(19)31/h4-5,8-15,18H,1-3,6-7,16H2. The van der Waals surface area contributed by atoms with Crippen LogP contribution in [0.25, 0.3) is 10.9 Å². The fraction of sp³-hybridized carbons (Fsp3) is 0.250. The number of hydrogen-bond acceptors (Lipinski definition) is 6. The Morgan fingerprint density at radius 1 is 1.13 bits per heavy atom. The second-order valence-electron chi connectivity index (χ2n) is 9.32. The number of rotatable bonds is 7. The number of halogens is 3. The summed E-state index contributed by atoms with van der Waals surface area (Å²) in [5, 5.41) is 17.4. The predicted molar refractivity (Wildman–Crippen MR) is 159 cm³/mol. The molecular formula is C28H23Br2ClN4O4. The van der Waals surface area contributed by atoms with Gasteiger partial charge in [-0.25, -0.2) is 4.98 Å². The third-order valence-electron chi connectivity index (χ3n) is 6.70. The molecule has 1 aliphatic rings. The van der Waals surface area contributed by atoms with E-state index >= 15 is 0 Å². The van der Waals surface area contributed by atoms with Crippen molar-refractivity contribution in [1.82, 2.24) is 9.66 Å². The number of nitrogens with zero attached hydrogens (tertiary/aromatic N) is 4. The number of hydrogen-bond donors (Lipinski definition) is 0. The average Bonchev–Trinajstić information content (AvgIpc) is 2.93. The summed E-state index contributed by atoms with van der Waals surface area (Å²) in [6.45, 7) is 0.0605. The molecule has 0 atom stereocenters. The monoisotopic (exact) mass is 672 g/mol. The van der Waals surface area contributed by atoms with Crippen molar-refractivity contribution >= 4 is 66.3 Å². The van der Waals surface area contributed by atoms with Crippen molar-refractivity contribution in [3.8, 4) is 5.75 Å². The molecular weight excluding hydrogens is 652 g/mol. The van der Waals surface area contributed by atoms with Gasteiger partial charge in [-0.2, -0.15) is 9.78 Å². The number of ether oxygens (including phenoxy) is 1. The van der Waals surface area contributed by atoms with Crippen LogP contribution in [-0.4, -0.2) is 20.8 Å². The summed E-state index contributed by atoms with van der Waals surface area (Å²) < 4.78 is 8.29. The molecule has 200 valence electrons. The van der Waals surface area contributed by atoms with Gasteiger partial charge in [-0.15, -0.1) is 0 Å². The first kappa shape index (κ1) is 27.5. The first-order chi connectivity index (χ1) is 18.8. The zero-order valence-corrected chi connectivity index (χ0v) is 24.6. The van der Waals surface area contributed by atoms with E-state index in [1.54, 1.807) is 30.3 Å². The number of aromatic nitrogens is 2. The molecule has 0 amide bonds. The van der Waals surface area contributed by atoms with Crippen LogP contribution in [-0.2, 0) is 6.61 Å². The third-order valence-corrected chi connectivity index (χ3v) is 8.15. The van der Waals surface area contributed by atoms with E-state index in [0.717, 1.165) is 36.6 Å². The molecule has 39 heavy (non-hydrogen) atoms. The van der Waals surface area contributed by atoms with Gasteiger partial charge in [-0.1, -0.05) is 65.0 Å². The van der Waals surface area contributed by atoms with Crippen molar-refractivity contribution in [1.29, 1.82) is 0 Å². The van der Waals surface area contributed by atoms with Crippen LogP contribution >= 0.6 is 43.5 Å². The Morgan fingerprint density at radius 2 is 1.90 bits per heavy atom. The molecule has 1 fully saturated rings. The maximum atomic E-state index is 13.5. The molecule has 0 bridgehead atoms. The maximum Gasteiger partial charge on any atom is 0.312 e.